The second-order valence-electron chi connectivity index (χ2n) is 7.02. The van der Waals surface area contributed by atoms with E-state index in [0.717, 1.165) is 32.1 Å². The lowest BCUT2D eigenvalue weighted by atomic mass is 10.1. The molecule has 2 aliphatic rings. The van der Waals surface area contributed by atoms with E-state index in [9.17, 15) is 4.79 Å². The second-order valence-corrected chi connectivity index (χ2v) is 7.02. The summed E-state index contributed by atoms with van der Waals surface area (Å²) in [6, 6.07) is 0. The standard InChI is InChI=1S/C17H28N6O2/c1-13(2)11-15(24)18-12-14-19-16(22-5-3-4-6-22)21-17(20-14)23-7-9-25-10-8-23/h13H,3-12H2,1-2H3,(H,18,24). The van der Waals surface area contributed by atoms with E-state index in [1.54, 1.807) is 0 Å². The molecule has 0 saturated carbocycles. The number of hydrogen-bond donors (Lipinski definition) is 1. The molecular formula is C17H28N6O2. The maximum absolute atomic E-state index is 11.9. The fourth-order valence-corrected chi connectivity index (χ4v) is 3.06. The van der Waals surface area contributed by atoms with Crippen LogP contribution in [0.2, 0.25) is 0 Å². The number of morpholine rings is 1. The van der Waals surface area contributed by atoms with Crippen LogP contribution in [0.25, 0.3) is 0 Å². The van der Waals surface area contributed by atoms with Crippen molar-refractivity contribution in [1.82, 2.24) is 20.3 Å². The average Bonchev–Trinajstić information content (AvgIpc) is 3.15. The summed E-state index contributed by atoms with van der Waals surface area (Å²) in [4.78, 5) is 30.1. The van der Waals surface area contributed by atoms with Gasteiger partial charge in [0.25, 0.3) is 0 Å². The van der Waals surface area contributed by atoms with E-state index in [1.807, 2.05) is 13.8 Å². The van der Waals surface area contributed by atoms with Gasteiger partial charge in [-0.25, -0.2) is 0 Å². The Labute approximate surface area is 149 Å². The summed E-state index contributed by atoms with van der Waals surface area (Å²) in [5.41, 5.74) is 0. The van der Waals surface area contributed by atoms with Crippen molar-refractivity contribution in [3.8, 4) is 0 Å². The topological polar surface area (TPSA) is 83.5 Å². The fraction of sp³-hybridized carbons (Fsp3) is 0.765. The number of rotatable bonds is 6. The summed E-state index contributed by atoms with van der Waals surface area (Å²) >= 11 is 0. The van der Waals surface area contributed by atoms with Gasteiger partial charge in [-0.05, 0) is 18.8 Å². The molecule has 0 aromatic carbocycles. The number of nitrogens with zero attached hydrogens (tertiary/aromatic N) is 5. The van der Waals surface area contributed by atoms with Gasteiger partial charge in [-0.1, -0.05) is 13.8 Å². The van der Waals surface area contributed by atoms with Crippen molar-refractivity contribution < 1.29 is 9.53 Å². The minimum Gasteiger partial charge on any atom is -0.378 e. The largest absolute Gasteiger partial charge is 0.378 e. The van der Waals surface area contributed by atoms with Crippen LogP contribution in [0.1, 0.15) is 38.9 Å². The van der Waals surface area contributed by atoms with Crippen molar-refractivity contribution in [3.05, 3.63) is 5.82 Å². The molecular weight excluding hydrogens is 320 g/mol. The van der Waals surface area contributed by atoms with E-state index in [0.29, 0.717) is 43.9 Å². The number of nitrogens with one attached hydrogen (secondary N) is 1. The van der Waals surface area contributed by atoms with Gasteiger partial charge in [0.15, 0.2) is 5.82 Å². The molecule has 3 heterocycles. The quantitative estimate of drug-likeness (QED) is 0.820. The molecule has 25 heavy (non-hydrogen) atoms. The molecule has 138 valence electrons. The van der Waals surface area contributed by atoms with Crippen LogP contribution in [0.5, 0.6) is 0 Å². The number of anilines is 2. The number of hydrogen-bond acceptors (Lipinski definition) is 7. The Hall–Kier alpha value is -1.96. The number of carbonyl (C=O) groups is 1. The zero-order valence-corrected chi connectivity index (χ0v) is 15.2. The molecule has 8 nitrogen and oxygen atoms in total. The van der Waals surface area contributed by atoms with Gasteiger partial charge in [0.2, 0.25) is 17.8 Å². The first kappa shape index (κ1) is 17.8. The van der Waals surface area contributed by atoms with Crippen LogP contribution in [0.4, 0.5) is 11.9 Å². The van der Waals surface area contributed by atoms with E-state index in [-0.39, 0.29) is 5.91 Å². The SMILES string of the molecule is CC(C)CC(=O)NCc1nc(N2CCCC2)nc(N2CCOCC2)n1. The average molecular weight is 348 g/mol. The van der Waals surface area contributed by atoms with Crippen molar-refractivity contribution in [2.45, 2.75) is 39.7 Å². The molecule has 3 rings (SSSR count). The summed E-state index contributed by atoms with van der Waals surface area (Å²) in [6.07, 6.45) is 2.85. The van der Waals surface area contributed by atoms with Crippen molar-refractivity contribution in [2.24, 2.45) is 5.92 Å². The van der Waals surface area contributed by atoms with Gasteiger partial charge in [0.05, 0.1) is 19.8 Å². The Morgan fingerprint density at radius 1 is 1.04 bits per heavy atom. The van der Waals surface area contributed by atoms with E-state index in [1.165, 1.54) is 12.8 Å². The van der Waals surface area contributed by atoms with Gasteiger partial charge >= 0.3 is 0 Å². The molecule has 0 aliphatic carbocycles. The third-order valence-electron chi connectivity index (χ3n) is 4.38. The molecule has 0 atom stereocenters. The van der Waals surface area contributed by atoms with Gasteiger partial charge in [0, 0.05) is 32.6 Å². The van der Waals surface area contributed by atoms with Crippen molar-refractivity contribution in [3.63, 3.8) is 0 Å². The van der Waals surface area contributed by atoms with Crippen LogP contribution in [0.3, 0.4) is 0 Å². The first-order valence-electron chi connectivity index (χ1n) is 9.21. The second kappa shape index (κ2) is 8.42. The molecule has 0 bridgehead atoms. The zero-order chi connectivity index (χ0) is 17.6. The number of ether oxygens (including phenoxy) is 1. The minimum absolute atomic E-state index is 0.0334. The van der Waals surface area contributed by atoms with E-state index in [4.69, 9.17) is 4.74 Å². The molecule has 1 N–H and O–H groups in total. The van der Waals surface area contributed by atoms with Crippen LogP contribution >= 0.6 is 0 Å². The van der Waals surface area contributed by atoms with Gasteiger partial charge in [0.1, 0.15) is 0 Å². The van der Waals surface area contributed by atoms with Gasteiger partial charge < -0.3 is 19.9 Å². The highest BCUT2D eigenvalue weighted by Gasteiger charge is 2.21. The van der Waals surface area contributed by atoms with Crippen LogP contribution in [0, 0.1) is 5.92 Å². The smallest absolute Gasteiger partial charge is 0.230 e. The Bertz CT molecular complexity index is 583. The Balaban J connectivity index is 1.75. The monoisotopic (exact) mass is 348 g/mol. The molecule has 2 aliphatic heterocycles. The fourth-order valence-electron chi connectivity index (χ4n) is 3.06. The molecule has 1 amide bonds. The maximum Gasteiger partial charge on any atom is 0.230 e. The van der Waals surface area contributed by atoms with Crippen LogP contribution in [-0.2, 0) is 16.1 Å². The van der Waals surface area contributed by atoms with E-state index < -0.39 is 0 Å². The molecule has 2 saturated heterocycles. The Kier molecular flexibility index (Phi) is 6.01. The number of amides is 1. The summed E-state index contributed by atoms with van der Waals surface area (Å²) in [6.45, 7) is 9.29. The third kappa shape index (κ3) is 5.01. The molecule has 1 aromatic heterocycles. The molecule has 2 fully saturated rings. The first-order valence-corrected chi connectivity index (χ1v) is 9.21. The zero-order valence-electron chi connectivity index (χ0n) is 15.2. The summed E-state index contributed by atoms with van der Waals surface area (Å²) < 4.78 is 5.42. The minimum atomic E-state index is 0.0334. The molecule has 0 spiro atoms. The highest BCUT2D eigenvalue weighted by molar-refractivity contribution is 5.75. The van der Waals surface area contributed by atoms with Crippen LogP contribution in [-0.4, -0.2) is 60.3 Å². The van der Waals surface area contributed by atoms with Crippen LogP contribution in [0.15, 0.2) is 0 Å². The van der Waals surface area contributed by atoms with Crippen molar-refractivity contribution >= 4 is 17.8 Å². The molecule has 0 unspecified atom stereocenters. The number of carbonyl (C=O) groups excluding carboxylic acids is 1. The molecule has 8 heteroatoms. The van der Waals surface area contributed by atoms with Gasteiger partial charge in [-0.3, -0.25) is 4.79 Å². The van der Waals surface area contributed by atoms with E-state index in [2.05, 4.69) is 30.1 Å². The maximum atomic E-state index is 11.9. The molecule has 0 radical (unpaired) electrons. The molecule has 1 aromatic rings. The van der Waals surface area contributed by atoms with Gasteiger partial charge in [-0.2, -0.15) is 15.0 Å². The van der Waals surface area contributed by atoms with Crippen LogP contribution < -0.4 is 15.1 Å². The lowest BCUT2D eigenvalue weighted by molar-refractivity contribution is -0.122. The predicted octanol–water partition coefficient (Wildman–Crippen LogP) is 0.971. The highest BCUT2D eigenvalue weighted by atomic mass is 16.5. The Morgan fingerprint density at radius 3 is 2.24 bits per heavy atom. The van der Waals surface area contributed by atoms with Crippen molar-refractivity contribution in [2.75, 3.05) is 49.2 Å². The highest BCUT2D eigenvalue weighted by Crippen LogP contribution is 2.19. The summed E-state index contributed by atoms with van der Waals surface area (Å²) in [5.74, 6) is 2.40. The van der Waals surface area contributed by atoms with E-state index >= 15 is 0 Å². The van der Waals surface area contributed by atoms with Crippen molar-refractivity contribution in [1.29, 1.82) is 0 Å². The summed E-state index contributed by atoms with van der Waals surface area (Å²) in [5, 5.41) is 2.92. The first-order chi connectivity index (χ1) is 12.1. The predicted molar refractivity (Wildman–Crippen MR) is 95.6 cm³/mol. The summed E-state index contributed by atoms with van der Waals surface area (Å²) in [7, 11) is 0. The third-order valence-corrected chi connectivity index (χ3v) is 4.38. The van der Waals surface area contributed by atoms with Gasteiger partial charge in [-0.15, -0.1) is 0 Å². The Morgan fingerprint density at radius 2 is 1.64 bits per heavy atom. The lowest BCUT2D eigenvalue weighted by Gasteiger charge is -2.28. The lowest BCUT2D eigenvalue weighted by Crippen LogP contribution is -2.38. The normalized spacial score (nSPS) is 18.0. The number of aromatic nitrogens is 3.